The van der Waals surface area contributed by atoms with Gasteiger partial charge in [-0.2, -0.15) is 0 Å². The van der Waals surface area contributed by atoms with Crippen LogP contribution in [0.1, 0.15) is 63.5 Å². The number of hydrogen-bond acceptors (Lipinski definition) is 2. The maximum absolute atomic E-state index is 13.3. The Kier molecular flexibility index (Phi) is 4.72. The van der Waals surface area contributed by atoms with Crippen LogP contribution in [0.2, 0.25) is 0 Å². The molecule has 3 nitrogen and oxygen atoms in total. The molecule has 1 amide bonds. The van der Waals surface area contributed by atoms with E-state index >= 15 is 0 Å². The summed E-state index contributed by atoms with van der Waals surface area (Å²) in [6.07, 6.45) is 5.88. The first-order valence-electron chi connectivity index (χ1n) is 8.82. The van der Waals surface area contributed by atoms with Crippen molar-refractivity contribution in [3.63, 3.8) is 0 Å². The highest BCUT2D eigenvalue weighted by atomic mass is 19.1. The maximum Gasteiger partial charge on any atom is 0.223 e. The number of carbonyl (C=O) groups is 1. The Labute approximate surface area is 137 Å². The number of piperidine rings is 1. The van der Waals surface area contributed by atoms with Crippen molar-refractivity contribution < 1.29 is 14.3 Å². The van der Waals surface area contributed by atoms with Crippen molar-refractivity contribution in [3.8, 4) is 0 Å². The molecule has 1 aliphatic carbocycles. The van der Waals surface area contributed by atoms with E-state index in [1.165, 1.54) is 12.1 Å². The first-order chi connectivity index (χ1) is 11.0. The quantitative estimate of drug-likeness (QED) is 0.920. The number of aliphatic hydroxyl groups is 1. The highest BCUT2D eigenvalue weighted by molar-refractivity contribution is 5.77. The zero-order chi connectivity index (χ0) is 16.4. The van der Waals surface area contributed by atoms with E-state index in [-0.39, 0.29) is 23.7 Å². The predicted molar refractivity (Wildman–Crippen MR) is 87.3 cm³/mol. The van der Waals surface area contributed by atoms with Crippen LogP contribution in [0.25, 0.3) is 0 Å². The van der Waals surface area contributed by atoms with E-state index in [0.717, 1.165) is 37.7 Å². The van der Waals surface area contributed by atoms with Crippen molar-refractivity contribution in [1.82, 2.24) is 4.90 Å². The lowest BCUT2D eigenvalue weighted by Gasteiger charge is -2.52. The molecule has 3 rings (SSSR count). The van der Waals surface area contributed by atoms with Gasteiger partial charge in [-0.15, -0.1) is 0 Å². The van der Waals surface area contributed by atoms with Crippen LogP contribution < -0.4 is 0 Å². The zero-order valence-corrected chi connectivity index (χ0v) is 13.8. The van der Waals surface area contributed by atoms with Crippen molar-refractivity contribution in [3.05, 3.63) is 35.6 Å². The molecule has 126 valence electrons. The number of nitrogens with zero attached hydrogens (tertiary/aromatic N) is 1. The third kappa shape index (κ3) is 3.14. The van der Waals surface area contributed by atoms with E-state index in [2.05, 4.69) is 0 Å². The van der Waals surface area contributed by atoms with Crippen LogP contribution in [0, 0.1) is 11.7 Å². The van der Waals surface area contributed by atoms with Crippen LogP contribution in [-0.4, -0.2) is 28.1 Å². The fraction of sp³-hybridized carbons (Fsp3) is 0.632. The first kappa shape index (κ1) is 16.4. The van der Waals surface area contributed by atoms with Gasteiger partial charge < -0.3 is 10.0 Å². The van der Waals surface area contributed by atoms with Gasteiger partial charge in [0.1, 0.15) is 5.82 Å². The highest BCUT2D eigenvalue weighted by Crippen LogP contribution is 2.49. The molecule has 1 aliphatic heterocycles. The Hall–Kier alpha value is -1.42. The fourth-order valence-electron chi connectivity index (χ4n) is 4.39. The molecule has 3 atom stereocenters. The van der Waals surface area contributed by atoms with E-state index in [4.69, 9.17) is 0 Å². The van der Waals surface area contributed by atoms with Gasteiger partial charge in [-0.05, 0) is 43.4 Å². The molecule has 0 bridgehead atoms. The summed E-state index contributed by atoms with van der Waals surface area (Å²) in [6, 6.07) is 6.32. The number of benzene rings is 1. The molecule has 0 aromatic heterocycles. The molecule has 1 N–H and O–H groups in total. The Morgan fingerprint density at radius 3 is 2.74 bits per heavy atom. The number of rotatable bonds is 3. The zero-order valence-electron chi connectivity index (χ0n) is 13.8. The minimum atomic E-state index is -0.680. The second kappa shape index (κ2) is 6.60. The van der Waals surface area contributed by atoms with Crippen LogP contribution >= 0.6 is 0 Å². The normalized spacial score (nSPS) is 30.8. The molecule has 0 spiro atoms. The number of fused-ring (bicyclic) bond motifs is 1. The van der Waals surface area contributed by atoms with Gasteiger partial charge in [0, 0.05) is 18.9 Å². The summed E-state index contributed by atoms with van der Waals surface area (Å²) in [6.45, 7) is 2.60. The van der Waals surface area contributed by atoms with Crippen molar-refractivity contribution in [2.24, 2.45) is 5.92 Å². The second-order valence-corrected chi connectivity index (χ2v) is 7.04. The second-order valence-electron chi connectivity index (χ2n) is 7.04. The third-order valence-corrected chi connectivity index (χ3v) is 5.56. The molecule has 23 heavy (non-hydrogen) atoms. The largest absolute Gasteiger partial charge is 0.389 e. The van der Waals surface area contributed by atoms with Crippen LogP contribution in [-0.2, 0) is 4.79 Å². The summed E-state index contributed by atoms with van der Waals surface area (Å²) < 4.78 is 13.3. The fourth-order valence-corrected chi connectivity index (χ4v) is 4.39. The lowest BCUT2D eigenvalue weighted by Crippen LogP contribution is -2.56. The van der Waals surface area contributed by atoms with Gasteiger partial charge in [0.2, 0.25) is 5.91 Å². The number of hydrogen-bond donors (Lipinski definition) is 1. The molecule has 2 aliphatic rings. The summed E-state index contributed by atoms with van der Waals surface area (Å²) in [5.74, 6) is -0.0689. The lowest BCUT2D eigenvalue weighted by atomic mass is 9.66. The number of likely N-dealkylation sites (tertiary alicyclic amines) is 1. The Morgan fingerprint density at radius 2 is 2.04 bits per heavy atom. The lowest BCUT2D eigenvalue weighted by molar-refractivity contribution is -0.155. The van der Waals surface area contributed by atoms with Crippen LogP contribution in [0.15, 0.2) is 24.3 Å². The van der Waals surface area contributed by atoms with Crippen LogP contribution in [0.4, 0.5) is 4.39 Å². The minimum Gasteiger partial charge on any atom is -0.389 e. The van der Waals surface area contributed by atoms with Crippen molar-refractivity contribution in [1.29, 1.82) is 0 Å². The summed E-state index contributed by atoms with van der Waals surface area (Å²) in [5.41, 5.74) is 0.265. The smallest absolute Gasteiger partial charge is 0.223 e. The predicted octanol–water partition coefficient (Wildman–Crippen LogP) is 3.82. The summed E-state index contributed by atoms with van der Waals surface area (Å²) >= 11 is 0. The van der Waals surface area contributed by atoms with E-state index in [1.54, 1.807) is 12.1 Å². The Morgan fingerprint density at radius 1 is 1.30 bits per heavy atom. The molecule has 0 unspecified atom stereocenters. The molecule has 1 aromatic carbocycles. The van der Waals surface area contributed by atoms with E-state index in [0.29, 0.717) is 19.4 Å². The van der Waals surface area contributed by atoms with Gasteiger partial charge in [-0.3, -0.25) is 4.79 Å². The maximum atomic E-state index is 13.3. The van der Waals surface area contributed by atoms with Crippen LogP contribution in [0.3, 0.4) is 0 Å². The van der Waals surface area contributed by atoms with Crippen molar-refractivity contribution >= 4 is 5.91 Å². The standard InChI is InChI=1S/C19H26FNO2/c1-2-5-17(22)21-13-12-19(23)11-4-3-6-16(19)18(21)14-7-9-15(20)10-8-14/h7-10,16,18,23H,2-6,11-13H2,1H3/t16-,18-,19-/m0/s1. The molecule has 1 aromatic rings. The monoisotopic (exact) mass is 319 g/mol. The molecule has 2 fully saturated rings. The van der Waals surface area contributed by atoms with Gasteiger partial charge >= 0.3 is 0 Å². The van der Waals surface area contributed by atoms with E-state index < -0.39 is 5.60 Å². The molecule has 4 heteroatoms. The van der Waals surface area contributed by atoms with Crippen molar-refractivity contribution in [2.45, 2.75) is 63.5 Å². The third-order valence-electron chi connectivity index (χ3n) is 5.56. The number of halogens is 1. The van der Waals surface area contributed by atoms with Gasteiger partial charge in [0.15, 0.2) is 0 Å². The van der Waals surface area contributed by atoms with Crippen LogP contribution in [0.5, 0.6) is 0 Å². The van der Waals surface area contributed by atoms with Gasteiger partial charge in [0.05, 0.1) is 11.6 Å². The summed E-state index contributed by atoms with van der Waals surface area (Å²) in [5, 5.41) is 11.1. The minimum absolute atomic E-state index is 0.0521. The Bertz CT molecular complexity index is 559. The van der Waals surface area contributed by atoms with E-state index in [1.807, 2.05) is 11.8 Å². The average molecular weight is 319 g/mol. The number of amides is 1. The highest BCUT2D eigenvalue weighted by Gasteiger charge is 2.49. The van der Waals surface area contributed by atoms with Gasteiger partial charge in [0.25, 0.3) is 0 Å². The first-order valence-corrected chi connectivity index (χ1v) is 8.82. The topological polar surface area (TPSA) is 40.5 Å². The summed E-state index contributed by atoms with van der Waals surface area (Å²) in [7, 11) is 0. The number of carbonyl (C=O) groups excluding carboxylic acids is 1. The summed E-state index contributed by atoms with van der Waals surface area (Å²) in [4.78, 5) is 14.5. The molecular weight excluding hydrogens is 293 g/mol. The molecule has 1 heterocycles. The molecule has 1 saturated carbocycles. The van der Waals surface area contributed by atoms with Gasteiger partial charge in [-0.1, -0.05) is 31.9 Å². The molecule has 0 radical (unpaired) electrons. The van der Waals surface area contributed by atoms with Gasteiger partial charge in [-0.25, -0.2) is 4.39 Å². The molecule has 1 saturated heterocycles. The molecular formula is C19H26FNO2. The Balaban J connectivity index is 1.97. The average Bonchev–Trinajstić information content (AvgIpc) is 2.54. The SMILES string of the molecule is CCCC(=O)N1CC[C@@]2(O)CCCC[C@H]2[C@@H]1c1ccc(F)cc1. The van der Waals surface area contributed by atoms with Crippen molar-refractivity contribution in [2.75, 3.05) is 6.54 Å². The van der Waals surface area contributed by atoms with E-state index in [9.17, 15) is 14.3 Å².